The van der Waals surface area contributed by atoms with Crippen LogP contribution in [0.2, 0.25) is 0 Å². The molecule has 0 saturated carbocycles. The maximum absolute atomic E-state index is 11.3. The summed E-state index contributed by atoms with van der Waals surface area (Å²) in [5.74, 6) is -0.344. The van der Waals surface area contributed by atoms with Gasteiger partial charge in [0.25, 0.3) is 0 Å². The van der Waals surface area contributed by atoms with Gasteiger partial charge in [0.1, 0.15) is 5.76 Å². The zero-order valence-electron chi connectivity index (χ0n) is 7.53. The fourth-order valence-electron chi connectivity index (χ4n) is 1.37. The van der Waals surface area contributed by atoms with Crippen LogP contribution in [0.25, 0.3) is 0 Å². The molecule has 0 atom stereocenters. The molecule has 14 heavy (non-hydrogen) atoms. The van der Waals surface area contributed by atoms with Crippen molar-refractivity contribution >= 4 is 11.8 Å². The number of piperazine rings is 1. The van der Waals surface area contributed by atoms with Crippen LogP contribution in [0.15, 0.2) is 22.8 Å². The molecule has 0 spiro atoms. The quantitative estimate of drug-likeness (QED) is 0.659. The molecule has 0 aromatic carbocycles. The van der Waals surface area contributed by atoms with E-state index in [0.717, 1.165) is 0 Å². The molecule has 1 saturated heterocycles. The van der Waals surface area contributed by atoms with Crippen molar-refractivity contribution in [1.82, 2.24) is 10.2 Å². The molecule has 2 heterocycles. The maximum atomic E-state index is 11.3. The van der Waals surface area contributed by atoms with Gasteiger partial charge in [-0.25, -0.2) is 0 Å². The van der Waals surface area contributed by atoms with Crippen LogP contribution >= 0.6 is 0 Å². The molecule has 2 amide bonds. The van der Waals surface area contributed by atoms with Gasteiger partial charge in [0.15, 0.2) is 0 Å². The van der Waals surface area contributed by atoms with E-state index in [-0.39, 0.29) is 0 Å². The standard InChI is InChI=1S/C9H10N2O3/c12-8-9(13)11(4-3-10-8)6-7-2-1-5-14-7/h1-2,5H,3-4,6H2,(H,10,12). The van der Waals surface area contributed by atoms with Crippen molar-refractivity contribution in [1.29, 1.82) is 0 Å². The number of hydrogen-bond acceptors (Lipinski definition) is 3. The van der Waals surface area contributed by atoms with Crippen LogP contribution in [0.3, 0.4) is 0 Å². The number of amides is 2. The normalized spacial score (nSPS) is 17.0. The summed E-state index contributed by atoms with van der Waals surface area (Å²) in [5, 5.41) is 2.48. The lowest BCUT2D eigenvalue weighted by Gasteiger charge is -2.25. The van der Waals surface area contributed by atoms with Gasteiger partial charge in [0, 0.05) is 13.1 Å². The van der Waals surface area contributed by atoms with Gasteiger partial charge < -0.3 is 14.6 Å². The first-order valence-corrected chi connectivity index (χ1v) is 4.37. The minimum atomic E-state index is -0.539. The minimum Gasteiger partial charge on any atom is -0.467 e. The molecule has 5 nitrogen and oxygen atoms in total. The molecule has 1 aromatic rings. The topological polar surface area (TPSA) is 62.6 Å². The van der Waals surface area contributed by atoms with Crippen LogP contribution < -0.4 is 5.32 Å². The number of hydrogen-bond donors (Lipinski definition) is 1. The molecular formula is C9H10N2O3. The van der Waals surface area contributed by atoms with Gasteiger partial charge in [-0.2, -0.15) is 0 Å². The second-order valence-corrected chi connectivity index (χ2v) is 3.06. The van der Waals surface area contributed by atoms with Gasteiger partial charge in [-0.3, -0.25) is 9.59 Å². The third-order valence-electron chi connectivity index (χ3n) is 2.08. The lowest BCUT2D eigenvalue weighted by atomic mass is 10.3. The summed E-state index contributed by atoms with van der Waals surface area (Å²) < 4.78 is 5.09. The summed E-state index contributed by atoms with van der Waals surface area (Å²) in [7, 11) is 0. The lowest BCUT2D eigenvalue weighted by Crippen LogP contribution is -2.51. The largest absolute Gasteiger partial charge is 0.467 e. The van der Waals surface area contributed by atoms with Crippen molar-refractivity contribution in [3.8, 4) is 0 Å². The van der Waals surface area contributed by atoms with Crippen LogP contribution in [-0.2, 0) is 16.1 Å². The van der Waals surface area contributed by atoms with Crippen molar-refractivity contribution in [3.05, 3.63) is 24.2 Å². The number of rotatable bonds is 2. The monoisotopic (exact) mass is 194 g/mol. The Morgan fingerprint density at radius 1 is 1.50 bits per heavy atom. The van der Waals surface area contributed by atoms with Crippen LogP contribution in [0.5, 0.6) is 0 Å². The summed E-state index contributed by atoms with van der Waals surface area (Å²) in [5.41, 5.74) is 0. The fraction of sp³-hybridized carbons (Fsp3) is 0.333. The summed E-state index contributed by atoms with van der Waals surface area (Å²) >= 11 is 0. The first-order valence-electron chi connectivity index (χ1n) is 4.37. The van der Waals surface area contributed by atoms with Gasteiger partial charge in [0.05, 0.1) is 12.8 Å². The third-order valence-corrected chi connectivity index (χ3v) is 2.08. The number of carbonyl (C=O) groups is 2. The fourth-order valence-corrected chi connectivity index (χ4v) is 1.37. The zero-order chi connectivity index (χ0) is 9.97. The van der Waals surface area contributed by atoms with E-state index in [0.29, 0.717) is 25.4 Å². The summed E-state index contributed by atoms with van der Waals surface area (Å²) in [4.78, 5) is 23.8. The molecule has 1 N–H and O–H groups in total. The van der Waals surface area contributed by atoms with Crippen molar-refractivity contribution in [2.75, 3.05) is 13.1 Å². The predicted octanol–water partition coefficient (Wildman–Crippen LogP) is -0.262. The molecule has 0 radical (unpaired) electrons. The second-order valence-electron chi connectivity index (χ2n) is 3.06. The molecule has 0 unspecified atom stereocenters. The average Bonchev–Trinajstić information content (AvgIpc) is 2.66. The molecule has 0 aliphatic carbocycles. The third kappa shape index (κ3) is 1.61. The number of carbonyl (C=O) groups excluding carboxylic acids is 2. The predicted molar refractivity (Wildman–Crippen MR) is 47.1 cm³/mol. The van der Waals surface area contributed by atoms with Crippen LogP contribution in [0, 0.1) is 0 Å². The first-order chi connectivity index (χ1) is 6.77. The smallest absolute Gasteiger partial charge is 0.312 e. The number of furan rings is 1. The molecule has 1 aromatic heterocycles. The van der Waals surface area contributed by atoms with Gasteiger partial charge >= 0.3 is 11.8 Å². The summed E-state index contributed by atoms with van der Waals surface area (Å²) in [6.45, 7) is 1.40. The highest BCUT2D eigenvalue weighted by atomic mass is 16.3. The van der Waals surface area contributed by atoms with Crippen LogP contribution in [0.1, 0.15) is 5.76 Å². The molecule has 0 bridgehead atoms. The van der Waals surface area contributed by atoms with Crippen molar-refractivity contribution < 1.29 is 14.0 Å². The van der Waals surface area contributed by atoms with E-state index in [9.17, 15) is 9.59 Å². The SMILES string of the molecule is O=C1NCCN(Cc2ccco2)C1=O. The van der Waals surface area contributed by atoms with Crippen molar-refractivity contribution in [2.45, 2.75) is 6.54 Å². The minimum absolute atomic E-state index is 0.360. The molecule has 74 valence electrons. The molecule has 5 heteroatoms. The Bertz CT molecular complexity index is 345. The van der Waals surface area contributed by atoms with E-state index in [1.165, 1.54) is 4.90 Å². The van der Waals surface area contributed by atoms with Crippen molar-refractivity contribution in [3.63, 3.8) is 0 Å². The highest BCUT2D eigenvalue weighted by Crippen LogP contribution is 2.06. The molecule has 1 aliphatic heterocycles. The Morgan fingerprint density at radius 3 is 3.07 bits per heavy atom. The summed E-state index contributed by atoms with van der Waals surface area (Å²) in [6.07, 6.45) is 1.55. The Kier molecular flexibility index (Phi) is 2.22. The Hall–Kier alpha value is -1.78. The average molecular weight is 194 g/mol. The van der Waals surface area contributed by atoms with Gasteiger partial charge in [0.2, 0.25) is 0 Å². The van der Waals surface area contributed by atoms with Gasteiger partial charge in [-0.05, 0) is 12.1 Å². The van der Waals surface area contributed by atoms with Gasteiger partial charge in [-0.15, -0.1) is 0 Å². The van der Waals surface area contributed by atoms with Crippen molar-refractivity contribution in [2.24, 2.45) is 0 Å². The number of nitrogens with one attached hydrogen (secondary N) is 1. The van der Waals surface area contributed by atoms with Gasteiger partial charge in [-0.1, -0.05) is 0 Å². The zero-order valence-corrected chi connectivity index (χ0v) is 7.53. The lowest BCUT2D eigenvalue weighted by molar-refractivity contribution is -0.148. The first kappa shape index (κ1) is 8.80. The highest BCUT2D eigenvalue weighted by Gasteiger charge is 2.26. The molecule has 1 fully saturated rings. The van der Waals surface area contributed by atoms with E-state index in [2.05, 4.69) is 5.32 Å². The Labute approximate surface area is 80.7 Å². The maximum Gasteiger partial charge on any atom is 0.312 e. The summed E-state index contributed by atoms with van der Waals surface area (Å²) in [6, 6.07) is 3.53. The van der Waals surface area contributed by atoms with Crippen LogP contribution in [0.4, 0.5) is 0 Å². The van der Waals surface area contributed by atoms with E-state index < -0.39 is 11.8 Å². The molecule has 2 rings (SSSR count). The van der Waals surface area contributed by atoms with E-state index in [1.807, 2.05) is 0 Å². The van der Waals surface area contributed by atoms with Crippen LogP contribution in [-0.4, -0.2) is 29.8 Å². The Morgan fingerprint density at radius 2 is 2.36 bits per heavy atom. The molecule has 1 aliphatic rings. The van der Waals surface area contributed by atoms with E-state index in [4.69, 9.17) is 4.42 Å². The van der Waals surface area contributed by atoms with E-state index in [1.54, 1.807) is 18.4 Å². The number of nitrogens with zero attached hydrogens (tertiary/aromatic N) is 1. The Balaban J connectivity index is 2.04. The highest BCUT2D eigenvalue weighted by molar-refractivity contribution is 6.35. The second kappa shape index (κ2) is 3.53. The van der Waals surface area contributed by atoms with E-state index >= 15 is 0 Å². The molecular weight excluding hydrogens is 184 g/mol.